The maximum Gasteiger partial charge on any atom is 0.289 e. The van der Waals surface area contributed by atoms with E-state index in [1.165, 1.54) is 6.92 Å². The molecule has 1 N–H and O–H groups in total. The zero-order chi connectivity index (χ0) is 18.0. The lowest BCUT2D eigenvalue weighted by atomic mass is 9.77. The number of furan rings is 1. The van der Waals surface area contributed by atoms with Gasteiger partial charge in [0.05, 0.1) is 17.9 Å². The van der Waals surface area contributed by atoms with Crippen LogP contribution in [0.5, 0.6) is 0 Å². The highest BCUT2D eigenvalue weighted by Gasteiger charge is 2.44. The number of ether oxygens (including phenoxy) is 1. The Morgan fingerprint density at radius 2 is 2.04 bits per heavy atom. The van der Waals surface area contributed by atoms with E-state index in [0.29, 0.717) is 24.1 Å². The third kappa shape index (κ3) is 4.03. The van der Waals surface area contributed by atoms with Crippen LogP contribution in [0.4, 0.5) is 0 Å². The van der Waals surface area contributed by atoms with E-state index in [0.717, 1.165) is 30.9 Å². The molecule has 1 aliphatic carbocycles. The van der Waals surface area contributed by atoms with Gasteiger partial charge in [0.1, 0.15) is 5.76 Å². The predicted octanol–water partition coefficient (Wildman–Crippen LogP) is 2.14. The predicted molar refractivity (Wildman–Crippen MR) is 96.4 cm³/mol. The summed E-state index contributed by atoms with van der Waals surface area (Å²) in [6.07, 6.45) is 3.73. The Hall–Kier alpha value is -1.47. The molecule has 138 valence electrons. The molecule has 1 saturated carbocycles. The van der Waals surface area contributed by atoms with Crippen molar-refractivity contribution in [3.8, 4) is 0 Å². The summed E-state index contributed by atoms with van der Waals surface area (Å²) in [6.45, 7) is 2.98. The summed E-state index contributed by atoms with van der Waals surface area (Å²) in [7, 11) is 1.69. The summed E-state index contributed by atoms with van der Waals surface area (Å²) in [6, 6.07) is 3.67. The number of methoxy groups -OCH3 is 1. The highest BCUT2D eigenvalue weighted by atomic mass is 32.2. The zero-order valence-corrected chi connectivity index (χ0v) is 15.8. The third-order valence-corrected chi connectivity index (χ3v) is 5.83. The normalized spacial score (nSPS) is 28.7. The second kappa shape index (κ2) is 7.83. The number of carbonyl (C=O) groups excluding carboxylic acids is 2. The molecular weight excluding hydrogens is 340 g/mol. The Balaban J connectivity index is 1.65. The summed E-state index contributed by atoms with van der Waals surface area (Å²) >= 11 is 1.67. The van der Waals surface area contributed by atoms with Crippen LogP contribution in [-0.2, 0) is 15.3 Å². The molecule has 6 nitrogen and oxygen atoms in total. The van der Waals surface area contributed by atoms with Gasteiger partial charge < -0.3 is 19.4 Å². The molecule has 0 aromatic carbocycles. The first-order chi connectivity index (χ1) is 12.0. The van der Waals surface area contributed by atoms with Gasteiger partial charge in [0.2, 0.25) is 5.91 Å². The number of likely N-dealkylation sites (tertiary alicyclic amines) is 1. The number of nitrogens with zero attached hydrogens (tertiary/aromatic N) is 1. The van der Waals surface area contributed by atoms with E-state index in [-0.39, 0.29) is 24.0 Å². The van der Waals surface area contributed by atoms with E-state index >= 15 is 0 Å². The van der Waals surface area contributed by atoms with Crippen LogP contribution in [0, 0.1) is 11.8 Å². The Bertz CT molecular complexity index is 632. The van der Waals surface area contributed by atoms with Crippen molar-refractivity contribution in [2.75, 3.05) is 26.5 Å². The number of nitrogens with one attached hydrogen (secondary N) is 1. The molecule has 2 heterocycles. The van der Waals surface area contributed by atoms with Gasteiger partial charge in [-0.3, -0.25) is 9.59 Å². The maximum absolute atomic E-state index is 12.7. The lowest BCUT2D eigenvalue weighted by Crippen LogP contribution is -2.49. The number of rotatable bonds is 5. The number of carbonyl (C=O) groups is 2. The Labute approximate surface area is 152 Å². The van der Waals surface area contributed by atoms with Crippen molar-refractivity contribution < 1.29 is 18.7 Å². The average Bonchev–Trinajstić information content (AvgIpc) is 3.19. The molecule has 2 amide bonds. The number of hydrogen-bond acceptors (Lipinski definition) is 5. The van der Waals surface area contributed by atoms with E-state index in [4.69, 9.17) is 9.15 Å². The molecular formula is C18H26N2O4S. The standard InChI is InChI=1S/C18H26N2O4S/c1-11(21)19-15-6-12-8-20(9-13(12)7-17(15)23-2)18(22)16-5-4-14(24-16)10-25-3/h4-5,12-13,15,17H,6-10H2,1-3H3,(H,19,21)/t12-,13+,15-,17-/m1/s1. The maximum atomic E-state index is 12.7. The first-order valence-electron chi connectivity index (χ1n) is 8.68. The number of fused-ring (bicyclic) bond motifs is 1. The fraction of sp³-hybridized carbons (Fsp3) is 0.667. The van der Waals surface area contributed by atoms with Crippen LogP contribution in [0.15, 0.2) is 16.5 Å². The van der Waals surface area contributed by atoms with Crippen LogP contribution in [0.3, 0.4) is 0 Å². The highest BCUT2D eigenvalue weighted by Crippen LogP contribution is 2.38. The third-order valence-electron chi connectivity index (χ3n) is 5.25. The van der Waals surface area contributed by atoms with Gasteiger partial charge in [-0.25, -0.2) is 0 Å². The quantitative estimate of drug-likeness (QED) is 0.864. The number of hydrogen-bond donors (Lipinski definition) is 1. The van der Waals surface area contributed by atoms with Crippen LogP contribution in [0.1, 0.15) is 36.1 Å². The van der Waals surface area contributed by atoms with Gasteiger partial charge >= 0.3 is 0 Å². The molecule has 4 atom stereocenters. The fourth-order valence-corrected chi connectivity index (χ4v) is 4.56. The number of amides is 2. The summed E-state index contributed by atoms with van der Waals surface area (Å²) in [5.74, 6) is 2.77. The molecule has 25 heavy (non-hydrogen) atoms. The van der Waals surface area contributed by atoms with E-state index in [2.05, 4.69) is 5.32 Å². The fourth-order valence-electron chi connectivity index (χ4n) is 4.12. The van der Waals surface area contributed by atoms with Crippen LogP contribution in [-0.4, -0.2) is 55.3 Å². The SMILES string of the molecule is CO[C@@H]1C[C@H]2CN(C(=O)c3ccc(CSC)o3)C[C@H]2C[C@H]1NC(C)=O. The van der Waals surface area contributed by atoms with Gasteiger partial charge in [-0.2, -0.15) is 11.8 Å². The summed E-state index contributed by atoms with van der Waals surface area (Å²) in [5.41, 5.74) is 0. The molecule has 1 saturated heterocycles. The van der Waals surface area contributed by atoms with Crippen molar-refractivity contribution >= 4 is 23.6 Å². The lowest BCUT2D eigenvalue weighted by molar-refractivity contribution is -0.121. The van der Waals surface area contributed by atoms with E-state index < -0.39 is 0 Å². The van der Waals surface area contributed by atoms with E-state index in [1.807, 2.05) is 17.2 Å². The summed E-state index contributed by atoms with van der Waals surface area (Å²) < 4.78 is 11.3. The summed E-state index contributed by atoms with van der Waals surface area (Å²) in [5, 5.41) is 3.00. The smallest absolute Gasteiger partial charge is 0.289 e. The molecule has 1 aliphatic heterocycles. The minimum absolute atomic E-state index is 0.0111. The molecule has 0 unspecified atom stereocenters. The van der Waals surface area contributed by atoms with Crippen molar-refractivity contribution in [3.05, 3.63) is 23.7 Å². The van der Waals surface area contributed by atoms with Crippen molar-refractivity contribution in [2.45, 2.75) is 37.7 Å². The van der Waals surface area contributed by atoms with E-state index in [9.17, 15) is 9.59 Å². The molecule has 0 bridgehead atoms. The molecule has 1 aromatic heterocycles. The highest BCUT2D eigenvalue weighted by molar-refractivity contribution is 7.97. The second-order valence-electron chi connectivity index (χ2n) is 6.98. The van der Waals surface area contributed by atoms with Crippen molar-refractivity contribution in [1.29, 1.82) is 0 Å². The molecule has 3 rings (SSSR count). The van der Waals surface area contributed by atoms with Crippen molar-refractivity contribution in [3.63, 3.8) is 0 Å². The molecule has 0 radical (unpaired) electrons. The molecule has 7 heteroatoms. The Morgan fingerprint density at radius 1 is 1.32 bits per heavy atom. The molecule has 0 spiro atoms. The first kappa shape index (κ1) is 18.3. The largest absolute Gasteiger partial charge is 0.455 e. The summed E-state index contributed by atoms with van der Waals surface area (Å²) in [4.78, 5) is 26.1. The van der Waals surface area contributed by atoms with Gasteiger partial charge in [0.25, 0.3) is 5.91 Å². The van der Waals surface area contributed by atoms with Crippen molar-refractivity contribution in [1.82, 2.24) is 10.2 Å². The topological polar surface area (TPSA) is 71.8 Å². The first-order valence-corrected chi connectivity index (χ1v) is 10.1. The second-order valence-corrected chi connectivity index (χ2v) is 7.85. The lowest BCUT2D eigenvalue weighted by Gasteiger charge is -2.37. The van der Waals surface area contributed by atoms with Gasteiger partial charge in [-0.05, 0) is 43.1 Å². The minimum atomic E-state index is -0.0354. The van der Waals surface area contributed by atoms with Gasteiger partial charge in [-0.15, -0.1) is 0 Å². The zero-order valence-electron chi connectivity index (χ0n) is 15.0. The van der Waals surface area contributed by atoms with Gasteiger partial charge in [-0.1, -0.05) is 0 Å². The minimum Gasteiger partial charge on any atom is -0.455 e. The molecule has 2 aliphatic rings. The Morgan fingerprint density at radius 3 is 2.68 bits per heavy atom. The van der Waals surface area contributed by atoms with Crippen LogP contribution in [0.2, 0.25) is 0 Å². The van der Waals surface area contributed by atoms with Crippen LogP contribution < -0.4 is 5.32 Å². The molecule has 2 fully saturated rings. The monoisotopic (exact) mass is 366 g/mol. The molecule has 1 aromatic rings. The van der Waals surface area contributed by atoms with E-state index in [1.54, 1.807) is 24.9 Å². The van der Waals surface area contributed by atoms with Crippen LogP contribution >= 0.6 is 11.8 Å². The Kier molecular flexibility index (Phi) is 5.74. The van der Waals surface area contributed by atoms with Crippen LogP contribution in [0.25, 0.3) is 0 Å². The van der Waals surface area contributed by atoms with Gasteiger partial charge in [0.15, 0.2) is 5.76 Å². The van der Waals surface area contributed by atoms with Gasteiger partial charge in [0, 0.05) is 27.1 Å². The van der Waals surface area contributed by atoms with Crippen molar-refractivity contribution in [2.24, 2.45) is 11.8 Å². The average molecular weight is 366 g/mol. The number of thioether (sulfide) groups is 1.